The second-order valence-corrected chi connectivity index (χ2v) is 5.74. The number of ether oxygens (including phenoxy) is 1. The van der Waals surface area contributed by atoms with Crippen LogP contribution in [0, 0.1) is 11.7 Å². The van der Waals surface area contributed by atoms with E-state index in [1.165, 1.54) is 12.1 Å². The third-order valence-electron chi connectivity index (χ3n) is 3.51. The molecular formula is C15H17BrFNO3. The summed E-state index contributed by atoms with van der Waals surface area (Å²) in [4.78, 5) is 25.9. The molecule has 0 bridgehead atoms. The first-order valence-corrected chi connectivity index (χ1v) is 7.73. The molecule has 1 heterocycles. The molecule has 1 aliphatic heterocycles. The largest absolute Gasteiger partial charge is 0.466 e. The summed E-state index contributed by atoms with van der Waals surface area (Å²) in [6, 6.07) is 4.36. The minimum absolute atomic E-state index is 0.160. The Morgan fingerprint density at radius 1 is 1.48 bits per heavy atom. The molecule has 6 heteroatoms. The Morgan fingerprint density at radius 2 is 2.24 bits per heavy atom. The highest BCUT2D eigenvalue weighted by atomic mass is 79.9. The lowest BCUT2D eigenvalue weighted by Gasteiger charge is -2.31. The lowest BCUT2D eigenvalue weighted by Crippen LogP contribution is -2.43. The van der Waals surface area contributed by atoms with E-state index in [0.717, 1.165) is 6.42 Å². The molecule has 0 radical (unpaired) electrons. The molecule has 1 saturated heterocycles. The van der Waals surface area contributed by atoms with Crippen LogP contribution in [0.25, 0.3) is 0 Å². The first-order valence-electron chi connectivity index (χ1n) is 6.94. The average Bonchev–Trinajstić information content (AvgIpc) is 2.50. The van der Waals surface area contributed by atoms with Crippen molar-refractivity contribution in [3.63, 3.8) is 0 Å². The number of benzene rings is 1. The van der Waals surface area contributed by atoms with Gasteiger partial charge < -0.3 is 9.64 Å². The van der Waals surface area contributed by atoms with Crippen molar-refractivity contribution in [1.29, 1.82) is 0 Å². The summed E-state index contributed by atoms with van der Waals surface area (Å²) >= 11 is 3.10. The first kappa shape index (κ1) is 15.9. The van der Waals surface area contributed by atoms with E-state index in [4.69, 9.17) is 4.74 Å². The highest BCUT2D eigenvalue weighted by molar-refractivity contribution is 9.10. The van der Waals surface area contributed by atoms with Crippen LogP contribution in [0.3, 0.4) is 0 Å². The van der Waals surface area contributed by atoms with E-state index >= 15 is 0 Å². The van der Waals surface area contributed by atoms with E-state index in [0.29, 0.717) is 26.1 Å². The Bertz CT molecular complexity index is 550. The zero-order valence-electron chi connectivity index (χ0n) is 11.8. The Balaban J connectivity index is 2.12. The summed E-state index contributed by atoms with van der Waals surface area (Å²) < 4.78 is 18.7. The van der Waals surface area contributed by atoms with Gasteiger partial charge in [-0.2, -0.15) is 0 Å². The second kappa shape index (κ2) is 7.02. The van der Waals surface area contributed by atoms with Crippen LogP contribution in [0.15, 0.2) is 22.7 Å². The van der Waals surface area contributed by atoms with E-state index < -0.39 is 5.82 Å². The number of rotatable bonds is 3. The molecule has 0 aromatic heterocycles. The molecule has 1 aliphatic rings. The van der Waals surface area contributed by atoms with Crippen LogP contribution in [0.1, 0.15) is 30.1 Å². The van der Waals surface area contributed by atoms with Crippen molar-refractivity contribution < 1.29 is 18.7 Å². The lowest BCUT2D eigenvalue weighted by molar-refractivity contribution is -0.149. The van der Waals surface area contributed by atoms with Crippen molar-refractivity contribution in [3.8, 4) is 0 Å². The smallest absolute Gasteiger partial charge is 0.310 e. The highest BCUT2D eigenvalue weighted by Crippen LogP contribution is 2.25. The van der Waals surface area contributed by atoms with Gasteiger partial charge >= 0.3 is 5.97 Å². The maximum Gasteiger partial charge on any atom is 0.310 e. The number of piperidine rings is 1. The number of carbonyl (C=O) groups excluding carboxylic acids is 2. The summed E-state index contributed by atoms with van der Waals surface area (Å²) in [5, 5.41) is 0. The predicted molar refractivity (Wildman–Crippen MR) is 79.4 cm³/mol. The monoisotopic (exact) mass is 357 g/mol. The fraction of sp³-hybridized carbons (Fsp3) is 0.467. The van der Waals surface area contributed by atoms with Gasteiger partial charge in [0, 0.05) is 13.1 Å². The molecule has 0 N–H and O–H groups in total. The molecule has 0 aliphatic carbocycles. The van der Waals surface area contributed by atoms with Gasteiger partial charge in [-0.05, 0) is 47.8 Å². The van der Waals surface area contributed by atoms with Crippen LogP contribution in [0.5, 0.6) is 0 Å². The van der Waals surface area contributed by atoms with Crippen LogP contribution in [-0.2, 0) is 9.53 Å². The number of hydrogen-bond donors (Lipinski definition) is 0. The van der Waals surface area contributed by atoms with E-state index in [-0.39, 0.29) is 27.8 Å². The van der Waals surface area contributed by atoms with Gasteiger partial charge in [-0.15, -0.1) is 0 Å². The van der Waals surface area contributed by atoms with Gasteiger partial charge in [-0.25, -0.2) is 4.39 Å². The zero-order valence-corrected chi connectivity index (χ0v) is 13.4. The SMILES string of the molecule is CCOC(=O)C1CCCN(C(=O)c2cccc(F)c2Br)C1. The van der Waals surface area contributed by atoms with Gasteiger partial charge in [0.15, 0.2) is 0 Å². The van der Waals surface area contributed by atoms with Gasteiger partial charge in [0.25, 0.3) is 5.91 Å². The Labute approximate surface area is 131 Å². The number of likely N-dealkylation sites (tertiary alicyclic amines) is 1. The second-order valence-electron chi connectivity index (χ2n) is 4.94. The van der Waals surface area contributed by atoms with Crippen molar-refractivity contribution in [2.75, 3.05) is 19.7 Å². The van der Waals surface area contributed by atoms with Crippen LogP contribution in [0.2, 0.25) is 0 Å². The van der Waals surface area contributed by atoms with Crippen LogP contribution in [0.4, 0.5) is 4.39 Å². The molecule has 2 rings (SSSR count). The molecule has 114 valence electrons. The van der Waals surface area contributed by atoms with Crippen molar-refractivity contribution >= 4 is 27.8 Å². The maximum atomic E-state index is 13.5. The van der Waals surface area contributed by atoms with Crippen molar-refractivity contribution in [3.05, 3.63) is 34.1 Å². The lowest BCUT2D eigenvalue weighted by atomic mass is 9.97. The Kier molecular flexibility index (Phi) is 5.33. The summed E-state index contributed by atoms with van der Waals surface area (Å²) in [6.07, 6.45) is 1.45. The molecule has 1 aromatic rings. The third kappa shape index (κ3) is 3.61. The van der Waals surface area contributed by atoms with Gasteiger partial charge in [0.05, 0.1) is 22.6 Å². The molecule has 0 saturated carbocycles. The predicted octanol–water partition coefficient (Wildman–Crippen LogP) is 3.00. The molecule has 1 amide bonds. The standard InChI is InChI=1S/C15H17BrFNO3/c1-2-21-15(20)10-5-4-8-18(9-10)14(19)11-6-3-7-12(17)13(11)16/h3,6-7,10H,2,4-5,8-9H2,1H3. The zero-order chi connectivity index (χ0) is 15.4. The summed E-state index contributed by atoms with van der Waals surface area (Å²) in [5.74, 6) is -1.31. The molecule has 1 atom stereocenters. The molecule has 4 nitrogen and oxygen atoms in total. The highest BCUT2D eigenvalue weighted by Gasteiger charge is 2.30. The number of amides is 1. The van der Waals surface area contributed by atoms with Gasteiger partial charge in [-0.3, -0.25) is 9.59 Å². The number of esters is 1. The summed E-state index contributed by atoms with van der Waals surface area (Å²) in [5.41, 5.74) is 0.277. The fourth-order valence-electron chi connectivity index (χ4n) is 2.45. The van der Waals surface area contributed by atoms with Crippen molar-refractivity contribution in [1.82, 2.24) is 4.90 Å². The number of nitrogens with zero attached hydrogens (tertiary/aromatic N) is 1. The molecule has 1 unspecified atom stereocenters. The molecular weight excluding hydrogens is 341 g/mol. The topological polar surface area (TPSA) is 46.6 Å². The van der Waals surface area contributed by atoms with Crippen LogP contribution in [-0.4, -0.2) is 36.5 Å². The fourth-order valence-corrected chi connectivity index (χ4v) is 2.89. The third-order valence-corrected chi connectivity index (χ3v) is 4.32. The van der Waals surface area contributed by atoms with E-state index in [9.17, 15) is 14.0 Å². The number of carbonyl (C=O) groups is 2. The van der Waals surface area contributed by atoms with Gasteiger partial charge in [0.2, 0.25) is 0 Å². The minimum Gasteiger partial charge on any atom is -0.466 e. The van der Waals surface area contributed by atoms with E-state index in [1.54, 1.807) is 17.9 Å². The van der Waals surface area contributed by atoms with Gasteiger partial charge in [0.1, 0.15) is 5.82 Å². The maximum absolute atomic E-state index is 13.5. The Morgan fingerprint density at radius 3 is 2.95 bits per heavy atom. The average molecular weight is 358 g/mol. The molecule has 1 aromatic carbocycles. The van der Waals surface area contributed by atoms with Crippen molar-refractivity contribution in [2.24, 2.45) is 5.92 Å². The molecule has 0 spiro atoms. The summed E-state index contributed by atoms with van der Waals surface area (Å²) in [6.45, 7) is 2.98. The first-order chi connectivity index (χ1) is 10.0. The summed E-state index contributed by atoms with van der Waals surface area (Å²) in [7, 11) is 0. The molecule has 21 heavy (non-hydrogen) atoms. The van der Waals surface area contributed by atoms with Crippen LogP contribution < -0.4 is 0 Å². The van der Waals surface area contributed by atoms with Crippen molar-refractivity contribution in [2.45, 2.75) is 19.8 Å². The number of hydrogen-bond acceptors (Lipinski definition) is 3. The van der Waals surface area contributed by atoms with E-state index in [1.807, 2.05) is 0 Å². The quantitative estimate of drug-likeness (QED) is 0.781. The normalized spacial score (nSPS) is 18.4. The van der Waals surface area contributed by atoms with Gasteiger partial charge in [-0.1, -0.05) is 6.07 Å². The number of halogens is 2. The van der Waals surface area contributed by atoms with E-state index in [2.05, 4.69) is 15.9 Å². The minimum atomic E-state index is -0.472. The molecule has 1 fully saturated rings. The van der Waals surface area contributed by atoms with Crippen LogP contribution >= 0.6 is 15.9 Å². The Hall–Kier alpha value is -1.43.